The molecule has 13 heteroatoms. The lowest BCUT2D eigenvalue weighted by Crippen LogP contribution is -2.58. The zero-order valence-corrected chi connectivity index (χ0v) is 28.9. The van der Waals surface area contributed by atoms with E-state index in [4.69, 9.17) is 10.8 Å². The van der Waals surface area contributed by atoms with Gasteiger partial charge in [-0.1, -0.05) is 75.4 Å². The van der Waals surface area contributed by atoms with E-state index in [-0.39, 0.29) is 36.5 Å². The number of nitrogens with zero attached hydrogens (tertiary/aromatic N) is 2. The third kappa shape index (κ3) is 9.88. The molecule has 1 fully saturated rings. The Kier molecular flexibility index (Phi) is 12.1. The van der Waals surface area contributed by atoms with Crippen molar-refractivity contribution in [2.45, 2.75) is 64.9 Å². The van der Waals surface area contributed by atoms with Gasteiger partial charge in [0.05, 0.1) is 6.54 Å². The first-order valence-corrected chi connectivity index (χ1v) is 16.4. The highest BCUT2D eigenvalue weighted by Gasteiger charge is 2.46. The van der Waals surface area contributed by atoms with Crippen LogP contribution in [0.25, 0.3) is 6.08 Å². The maximum Gasteiger partial charge on any atom is 0.337 e. The average Bonchev–Trinajstić information content (AvgIpc) is 3.51. The van der Waals surface area contributed by atoms with E-state index in [9.17, 15) is 33.9 Å². The fourth-order valence-electron chi connectivity index (χ4n) is 5.86. The van der Waals surface area contributed by atoms with E-state index in [1.165, 1.54) is 53.1 Å². The van der Waals surface area contributed by atoms with E-state index in [0.29, 0.717) is 11.3 Å². The molecule has 3 aromatic rings. The van der Waals surface area contributed by atoms with Crippen molar-refractivity contribution in [1.29, 1.82) is 0 Å². The van der Waals surface area contributed by atoms with E-state index in [2.05, 4.69) is 10.6 Å². The van der Waals surface area contributed by atoms with E-state index in [1.807, 2.05) is 30.3 Å². The van der Waals surface area contributed by atoms with Crippen LogP contribution in [0.5, 0.6) is 0 Å². The molecule has 6 N–H and O–H groups in total. The first-order chi connectivity index (χ1) is 24.0. The molecule has 1 heterocycles. The highest BCUT2D eigenvalue weighted by atomic mass is 16.4. The van der Waals surface area contributed by atoms with Crippen molar-refractivity contribution in [3.8, 4) is 0 Å². The highest BCUT2D eigenvalue weighted by Crippen LogP contribution is 2.29. The zero-order chi connectivity index (χ0) is 37.5. The molecule has 3 aromatic carbocycles. The quantitative estimate of drug-likeness (QED) is 0.178. The van der Waals surface area contributed by atoms with Crippen molar-refractivity contribution in [2.75, 3.05) is 11.4 Å². The number of anilines is 1. The number of nitrogens with two attached hydrogens (primary N) is 1. The summed E-state index contributed by atoms with van der Waals surface area (Å²) in [6.07, 6.45) is 1.17. The largest absolute Gasteiger partial charge is 0.479 e. The predicted octanol–water partition coefficient (Wildman–Crippen LogP) is 2.79. The molecule has 0 saturated carbocycles. The molecular weight excluding hydrogens is 654 g/mol. The number of hydrogen-bond donors (Lipinski definition) is 5. The Hall–Kier alpha value is -5.82. The SMILES string of the molecule is CC(=O)N[C@H]1C[C@@H](C(=O)N(Cc2ccccc2)c2ccc(C(N)=O)cc2)N(C(=O)[C@@H](NC(=O)/C=C/c2ccc(C(O)C(=O)O)cc2)C(C)(C)C)C1. The van der Waals surface area contributed by atoms with Gasteiger partial charge in [-0.2, -0.15) is 0 Å². The van der Waals surface area contributed by atoms with Crippen LogP contribution in [0, 0.1) is 5.41 Å². The maximum atomic E-state index is 14.6. The number of aliphatic hydroxyl groups excluding tert-OH is 1. The summed E-state index contributed by atoms with van der Waals surface area (Å²) in [6, 6.07) is 18.9. The summed E-state index contributed by atoms with van der Waals surface area (Å²) < 4.78 is 0. The molecule has 1 unspecified atom stereocenters. The third-order valence-electron chi connectivity index (χ3n) is 8.50. The van der Waals surface area contributed by atoms with Crippen LogP contribution in [0.3, 0.4) is 0 Å². The molecular formula is C38H43N5O8. The lowest BCUT2D eigenvalue weighted by atomic mass is 9.85. The molecule has 0 radical (unpaired) electrons. The number of rotatable bonds is 12. The molecule has 1 aliphatic heterocycles. The van der Waals surface area contributed by atoms with Crippen LogP contribution in [0.4, 0.5) is 5.69 Å². The molecule has 0 spiro atoms. The van der Waals surface area contributed by atoms with Gasteiger partial charge in [-0.25, -0.2) is 4.79 Å². The van der Waals surface area contributed by atoms with Gasteiger partial charge in [0.2, 0.25) is 29.5 Å². The molecule has 4 rings (SSSR count). The van der Waals surface area contributed by atoms with Gasteiger partial charge in [-0.3, -0.25) is 24.0 Å². The second-order valence-electron chi connectivity index (χ2n) is 13.5. The normalized spacial score (nSPS) is 17.0. The molecule has 5 amide bonds. The second-order valence-corrected chi connectivity index (χ2v) is 13.5. The Bertz CT molecular complexity index is 1790. The van der Waals surface area contributed by atoms with Gasteiger partial charge in [0.25, 0.3) is 0 Å². The zero-order valence-electron chi connectivity index (χ0n) is 28.9. The number of nitrogens with one attached hydrogen (secondary N) is 2. The molecule has 4 atom stereocenters. The predicted molar refractivity (Wildman–Crippen MR) is 190 cm³/mol. The minimum absolute atomic E-state index is 0.0292. The van der Waals surface area contributed by atoms with Crippen LogP contribution >= 0.6 is 0 Å². The number of amides is 5. The van der Waals surface area contributed by atoms with Gasteiger partial charge in [0, 0.05) is 36.8 Å². The Morgan fingerprint density at radius 3 is 2.14 bits per heavy atom. The third-order valence-corrected chi connectivity index (χ3v) is 8.50. The van der Waals surface area contributed by atoms with Gasteiger partial charge < -0.3 is 36.4 Å². The van der Waals surface area contributed by atoms with Gasteiger partial charge in [0.15, 0.2) is 6.10 Å². The number of likely N-dealkylation sites (tertiary alicyclic amines) is 1. The molecule has 51 heavy (non-hydrogen) atoms. The topological polar surface area (TPSA) is 199 Å². The van der Waals surface area contributed by atoms with Gasteiger partial charge in [-0.15, -0.1) is 0 Å². The fraction of sp³-hybridized carbons (Fsp3) is 0.316. The van der Waals surface area contributed by atoms with E-state index in [1.54, 1.807) is 45.0 Å². The maximum absolute atomic E-state index is 14.6. The summed E-state index contributed by atoms with van der Waals surface area (Å²) in [4.78, 5) is 80.0. The monoisotopic (exact) mass is 697 g/mol. The fourth-order valence-corrected chi connectivity index (χ4v) is 5.86. The Morgan fingerprint density at radius 2 is 1.59 bits per heavy atom. The number of hydrogen-bond acceptors (Lipinski definition) is 7. The van der Waals surface area contributed by atoms with Crippen molar-refractivity contribution in [2.24, 2.45) is 11.1 Å². The molecule has 0 bridgehead atoms. The van der Waals surface area contributed by atoms with E-state index >= 15 is 0 Å². The standard InChI is InChI=1S/C38H43N5O8/c1-23(44)40-28-20-30(35(48)42(21-25-8-6-5-7-9-25)29-17-15-27(16-18-29)34(39)47)43(22-28)36(49)33(38(2,3)4)41-31(45)19-12-24-10-13-26(14-11-24)32(46)37(50)51/h5-19,28,30,32-33,46H,20-22H2,1-4H3,(H2,39,47)(H,40,44)(H,41,45)(H,50,51)/b19-12+/t28-,30-,32?,33+/m0/s1. The number of primary amides is 1. The van der Waals surface area contributed by atoms with Gasteiger partial charge in [0.1, 0.15) is 12.1 Å². The van der Waals surface area contributed by atoms with E-state index in [0.717, 1.165) is 5.56 Å². The number of carboxylic acid groups (broad SMARTS) is 1. The van der Waals surface area contributed by atoms with Crippen molar-refractivity contribution < 1.29 is 39.0 Å². The molecule has 1 saturated heterocycles. The average molecular weight is 698 g/mol. The number of aliphatic carboxylic acids is 1. The van der Waals surface area contributed by atoms with Crippen LogP contribution in [0.1, 0.15) is 67.3 Å². The van der Waals surface area contributed by atoms with Crippen molar-refractivity contribution in [1.82, 2.24) is 15.5 Å². The first kappa shape index (κ1) is 38.0. The molecule has 1 aliphatic rings. The van der Waals surface area contributed by atoms with Crippen LogP contribution in [0.15, 0.2) is 84.9 Å². The summed E-state index contributed by atoms with van der Waals surface area (Å²) in [7, 11) is 0. The number of aliphatic hydroxyl groups is 1. The first-order valence-electron chi connectivity index (χ1n) is 16.4. The lowest BCUT2D eigenvalue weighted by molar-refractivity contribution is -0.147. The lowest BCUT2D eigenvalue weighted by Gasteiger charge is -2.36. The summed E-state index contributed by atoms with van der Waals surface area (Å²) in [5.41, 5.74) is 6.93. The molecule has 268 valence electrons. The summed E-state index contributed by atoms with van der Waals surface area (Å²) in [5, 5.41) is 24.4. The highest BCUT2D eigenvalue weighted by molar-refractivity contribution is 6.02. The number of carboxylic acids is 1. The van der Waals surface area contributed by atoms with Crippen molar-refractivity contribution in [3.63, 3.8) is 0 Å². The molecule has 13 nitrogen and oxygen atoms in total. The van der Waals surface area contributed by atoms with Crippen LogP contribution in [-0.2, 0) is 30.5 Å². The van der Waals surface area contributed by atoms with Gasteiger partial charge in [-0.05, 0) is 58.9 Å². The Balaban J connectivity index is 1.62. The number of carbonyl (C=O) groups excluding carboxylic acids is 5. The van der Waals surface area contributed by atoms with Crippen LogP contribution in [-0.4, -0.2) is 75.3 Å². The minimum Gasteiger partial charge on any atom is -0.479 e. The summed E-state index contributed by atoms with van der Waals surface area (Å²) in [6.45, 7) is 6.89. The smallest absolute Gasteiger partial charge is 0.337 e. The number of benzene rings is 3. The summed E-state index contributed by atoms with van der Waals surface area (Å²) >= 11 is 0. The van der Waals surface area contributed by atoms with Crippen LogP contribution in [0.2, 0.25) is 0 Å². The minimum atomic E-state index is -1.68. The van der Waals surface area contributed by atoms with Crippen LogP contribution < -0.4 is 21.3 Å². The van der Waals surface area contributed by atoms with Crippen molar-refractivity contribution in [3.05, 3.63) is 107 Å². The summed E-state index contributed by atoms with van der Waals surface area (Å²) in [5.74, 6) is -3.83. The second kappa shape index (κ2) is 16.3. The Morgan fingerprint density at radius 1 is 0.961 bits per heavy atom. The molecule has 0 aliphatic carbocycles. The molecule has 0 aromatic heterocycles. The van der Waals surface area contributed by atoms with Gasteiger partial charge >= 0.3 is 5.97 Å². The Labute approximate surface area is 296 Å². The number of carbonyl (C=O) groups is 6. The van der Waals surface area contributed by atoms with Crippen molar-refractivity contribution >= 4 is 47.3 Å². The van der Waals surface area contributed by atoms with E-state index < -0.39 is 59.2 Å².